The van der Waals surface area contributed by atoms with Gasteiger partial charge in [0.05, 0.1) is 18.9 Å². The summed E-state index contributed by atoms with van der Waals surface area (Å²) in [5.41, 5.74) is 3.07. The molecule has 2 amide bonds. The van der Waals surface area contributed by atoms with Gasteiger partial charge >= 0.3 is 0 Å². The number of hydrogen-bond acceptors (Lipinski definition) is 6. The molecule has 1 aliphatic rings. The zero-order valence-electron chi connectivity index (χ0n) is 18.9. The van der Waals surface area contributed by atoms with E-state index in [1.54, 1.807) is 31.4 Å². The van der Waals surface area contributed by atoms with Gasteiger partial charge in [0.25, 0.3) is 5.91 Å². The number of fused-ring (bicyclic) bond motifs is 1. The molecular weight excluding hydrogens is 438 g/mol. The van der Waals surface area contributed by atoms with E-state index in [1.807, 2.05) is 35.6 Å². The molecule has 3 aromatic rings. The van der Waals surface area contributed by atoms with Gasteiger partial charge in [-0.15, -0.1) is 10.2 Å². The number of carbonyl (C=O) groups excluding carboxylic acids is 2. The molecule has 1 N–H and O–H groups in total. The zero-order valence-corrected chi connectivity index (χ0v) is 19.8. The molecule has 1 unspecified atom stereocenters. The summed E-state index contributed by atoms with van der Waals surface area (Å²) in [5, 5.41) is 12.1. The second kappa shape index (κ2) is 10.1. The molecule has 8 nitrogen and oxygen atoms in total. The lowest BCUT2D eigenvalue weighted by molar-refractivity contribution is -0.129. The number of benzene rings is 2. The summed E-state index contributed by atoms with van der Waals surface area (Å²) in [6.45, 7) is 3.24. The van der Waals surface area contributed by atoms with E-state index in [1.165, 1.54) is 22.9 Å². The molecule has 172 valence electrons. The van der Waals surface area contributed by atoms with Crippen LogP contribution in [0.4, 0.5) is 0 Å². The number of methoxy groups -OCH3 is 1. The van der Waals surface area contributed by atoms with E-state index in [0.29, 0.717) is 34.6 Å². The molecule has 4 rings (SSSR count). The summed E-state index contributed by atoms with van der Waals surface area (Å²) in [4.78, 5) is 27.2. The average Bonchev–Trinajstić information content (AvgIpc) is 3.22. The Hall–Kier alpha value is -3.33. The predicted molar refractivity (Wildman–Crippen MR) is 126 cm³/mol. The minimum atomic E-state index is -0.347. The summed E-state index contributed by atoms with van der Waals surface area (Å²) in [7, 11) is 3.43. The Morgan fingerprint density at radius 1 is 1.12 bits per heavy atom. The molecule has 1 atom stereocenters. The first-order valence-electron chi connectivity index (χ1n) is 10.8. The monoisotopic (exact) mass is 465 g/mol. The van der Waals surface area contributed by atoms with Crippen LogP contribution in [0.2, 0.25) is 0 Å². The van der Waals surface area contributed by atoms with Crippen molar-refractivity contribution in [3.63, 3.8) is 0 Å². The van der Waals surface area contributed by atoms with Crippen molar-refractivity contribution in [2.75, 3.05) is 19.4 Å². The van der Waals surface area contributed by atoms with Gasteiger partial charge in [0.2, 0.25) is 5.91 Å². The maximum Gasteiger partial charge on any atom is 0.251 e. The maximum absolute atomic E-state index is 12.8. The van der Waals surface area contributed by atoms with Crippen LogP contribution in [0.5, 0.6) is 5.75 Å². The first kappa shape index (κ1) is 22.8. The quantitative estimate of drug-likeness (QED) is 0.540. The van der Waals surface area contributed by atoms with E-state index in [0.717, 1.165) is 13.0 Å². The standard InChI is InChI=1S/C24H27N5O3S/c1-16(25-23(31)18-8-10-20(32-3)11-9-18)22-26-27-24(28(22)2)33-15-21(30)29-13-12-17-6-4-5-7-19(17)14-29/h4-11,16H,12-15H2,1-3H3,(H,25,31). The summed E-state index contributed by atoms with van der Waals surface area (Å²) >= 11 is 1.36. The third-order valence-corrected chi connectivity index (χ3v) is 6.77. The number of ether oxygens (including phenoxy) is 1. The van der Waals surface area contributed by atoms with E-state index in [-0.39, 0.29) is 17.9 Å². The summed E-state index contributed by atoms with van der Waals surface area (Å²) in [5.74, 6) is 1.49. The normalized spacial score (nSPS) is 13.8. The average molecular weight is 466 g/mol. The number of hydrogen-bond donors (Lipinski definition) is 1. The molecule has 0 saturated carbocycles. The van der Waals surface area contributed by atoms with Gasteiger partial charge < -0.3 is 19.5 Å². The van der Waals surface area contributed by atoms with Gasteiger partial charge in [-0.25, -0.2) is 0 Å². The lowest BCUT2D eigenvalue weighted by atomic mass is 10.00. The second-order valence-corrected chi connectivity index (χ2v) is 8.89. The van der Waals surface area contributed by atoms with Crippen LogP contribution in [0, 0.1) is 0 Å². The van der Waals surface area contributed by atoms with Crippen molar-refractivity contribution in [3.05, 3.63) is 71.0 Å². The predicted octanol–water partition coefficient (Wildman–Crippen LogP) is 2.99. The minimum absolute atomic E-state index is 0.0833. The Morgan fingerprint density at radius 3 is 2.58 bits per heavy atom. The highest BCUT2D eigenvalue weighted by Crippen LogP contribution is 2.23. The fraction of sp³-hybridized carbons (Fsp3) is 0.333. The van der Waals surface area contributed by atoms with Crippen molar-refractivity contribution in [2.45, 2.75) is 31.1 Å². The van der Waals surface area contributed by atoms with Crippen LogP contribution < -0.4 is 10.1 Å². The van der Waals surface area contributed by atoms with E-state index >= 15 is 0 Å². The highest BCUT2D eigenvalue weighted by atomic mass is 32.2. The zero-order chi connectivity index (χ0) is 23.4. The molecule has 0 radical (unpaired) electrons. The van der Waals surface area contributed by atoms with E-state index in [2.05, 4.69) is 27.6 Å². The fourth-order valence-electron chi connectivity index (χ4n) is 3.84. The summed E-state index contributed by atoms with van der Waals surface area (Å²) < 4.78 is 6.95. The Labute approximate surface area is 197 Å². The number of nitrogens with zero attached hydrogens (tertiary/aromatic N) is 4. The Balaban J connectivity index is 1.33. The van der Waals surface area contributed by atoms with Crippen molar-refractivity contribution in [1.29, 1.82) is 0 Å². The topological polar surface area (TPSA) is 89.3 Å². The molecule has 0 saturated heterocycles. The van der Waals surface area contributed by atoms with Crippen molar-refractivity contribution in [3.8, 4) is 5.75 Å². The van der Waals surface area contributed by atoms with Gasteiger partial charge in [-0.2, -0.15) is 0 Å². The van der Waals surface area contributed by atoms with Crippen molar-refractivity contribution in [1.82, 2.24) is 25.0 Å². The molecule has 0 spiro atoms. The third-order valence-electron chi connectivity index (χ3n) is 5.76. The first-order valence-corrected chi connectivity index (χ1v) is 11.8. The van der Waals surface area contributed by atoms with Crippen LogP contribution in [0.3, 0.4) is 0 Å². The van der Waals surface area contributed by atoms with Gasteiger partial charge in [-0.05, 0) is 48.7 Å². The number of thioether (sulfide) groups is 1. The number of nitrogens with one attached hydrogen (secondary N) is 1. The van der Waals surface area contributed by atoms with Gasteiger partial charge in [0.15, 0.2) is 11.0 Å². The molecule has 0 bridgehead atoms. The van der Waals surface area contributed by atoms with Crippen molar-refractivity contribution >= 4 is 23.6 Å². The third kappa shape index (κ3) is 5.19. The summed E-state index contributed by atoms with van der Waals surface area (Å²) in [6.07, 6.45) is 0.881. The number of carbonyl (C=O) groups is 2. The van der Waals surface area contributed by atoms with Crippen LogP contribution in [-0.4, -0.2) is 50.9 Å². The molecule has 9 heteroatoms. The Kier molecular flexibility index (Phi) is 6.98. The van der Waals surface area contributed by atoms with E-state index < -0.39 is 0 Å². The van der Waals surface area contributed by atoms with Crippen molar-refractivity contribution in [2.24, 2.45) is 7.05 Å². The van der Waals surface area contributed by atoms with Crippen LogP contribution in [-0.2, 0) is 24.8 Å². The molecule has 0 aliphatic carbocycles. The molecule has 2 heterocycles. The SMILES string of the molecule is COc1ccc(C(=O)NC(C)c2nnc(SCC(=O)N3CCc4ccccc4C3)n2C)cc1. The lowest BCUT2D eigenvalue weighted by Crippen LogP contribution is -2.37. The van der Waals surface area contributed by atoms with Gasteiger partial charge in [-0.1, -0.05) is 36.0 Å². The highest BCUT2D eigenvalue weighted by molar-refractivity contribution is 7.99. The van der Waals surface area contributed by atoms with Gasteiger partial charge in [0.1, 0.15) is 5.75 Å². The molecule has 0 fully saturated rings. The van der Waals surface area contributed by atoms with Gasteiger partial charge in [0, 0.05) is 25.7 Å². The lowest BCUT2D eigenvalue weighted by Gasteiger charge is -2.28. The fourth-order valence-corrected chi connectivity index (χ4v) is 4.66. The second-order valence-electron chi connectivity index (χ2n) is 7.95. The maximum atomic E-state index is 12.8. The molecule has 1 aromatic heterocycles. The highest BCUT2D eigenvalue weighted by Gasteiger charge is 2.22. The first-order chi connectivity index (χ1) is 16.0. The molecule has 1 aliphatic heterocycles. The van der Waals surface area contributed by atoms with Crippen LogP contribution in [0.25, 0.3) is 0 Å². The molecule has 2 aromatic carbocycles. The van der Waals surface area contributed by atoms with Crippen LogP contribution in [0.15, 0.2) is 53.7 Å². The number of aromatic nitrogens is 3. The van der Waals surface area contributed by atoms with E-state index in [9.17, 15) is 9.59 Å². The van der Waals surface area contributed by atoms with Gasteiger partial charge in [-0.3, -0.25) is 9.59 Å². The Morgan fingerprint density at radius 2 is 1.85 bits per heavy atom. The van der Waals surface area contributed by atoms with Crippen LogP contribution in [0.1, 0.15) is 40.3 Å². The van der Waals surface area contributed by atoms with Crippen molar-refractivity contribution < 1.29 is 14.3 Å². The molecular formula is C24H27N5O3S. The van der Waals surface area contributed by atoms with Crippen LogP contribution >= 0.6 is 11.8 Å². The largest absolute Gasteiger partial charge is 0.497 e. The summed E-state index contributed by atoms with van der Waals surface area (Å²) in [6, 6.07) is 14.8. The van der Waals surface area contributed by atoms with E-state index in [4.69, 9.17) is 4.74 Å². The smallest absolute Gasteiger partial charge is 0.251 e. The minimum Gasteiger partial charge on any atom is -0.497 e. The Bertz CT molecular complexity index is 1150. The molecule has 33 heavy (non-hydrogen) atoms. The number of amides is 2. The number of rotatable bonds is 7.